The van der Waals surface area contributed by atoms with Gasteiger partial charge in [-0.15, -0.1) is 0 Å². The van der Waals surface area contributed by atoms with E-state index < -0.39 is 58.5 Å². The van der Waals surface area contributed by atoms with E-state index in [0.717, 1.165) is 24.3 Å². The number of halogens is 7. The Morgan fingerprint density at radius 2 is 1.62 bits per heavy atom. The zero-order valence-corrected chi connectivity index (χ0v) is 14.2. The van der Waals surface area contributed by atoms with E-state index in [1.54, 1.807) is 5.32 Å². The molecule has 0 heterocycles. The highest BCUT2D eigenvalue weighted by Gasteiger charge is 2.60. The van der Waals surface area contributed by atoms with Crippen LogP contribution >= 0.6 is 0 Å². The third kappa shape index (κ3) is 4.32. The number of nitrogens with one attached hydrogen (secondary N) is 1. The SMILES string of the molecule is N#Cc1cc(C(F)(F)F)cc(CNC(=O)C(O)(c2ccccc2)C(F)(F)F)c1F. The van der Waals surface area contributed by atoms with Gasteiger partial charge in [-0.1, -0.05) is 30.3 Å². The van der Waals surface area contributed by atoms with Crippen LogP contribution in [0.4, 0.5) is 30.7 Å². The molecule has 0 spiro atoms. The Morgan fingerprint density at radius 3 is 2.10 bits per heavy atom. The lowest BCUT2D eigenvalue weighted by atomic mass is 9.92. The van der Waals surface area contributed by atoms with E-state index >= 15 is 0 Å². The number of hydrogen-bond donors (Lipinski definition) is 2. The molecule has 4 nitrogen and oxygen atoms in total. The second-order valence-corrected chi connectivity index (χ2v) is 5.86. The van der Waals surface area contributed by atoms with Crippen molar-refractivity contribution in [2.45, 2.75) is 24.5 Å². The topological polar surface area (TPSA) is 73.1 Å². The number of nitrogens with zero attached hydrogens (tertiary/aromatic N) is 1. The Kier molecular flexibility index (Phi) is 5.89. The molecule has 1 unspecified atom stereocenters. The maximum Gasteiger partial charge on any atom is 0.430 e. The van der Waals surface area contributed by atoms with Crippen molar-refractivity contribution in [1.82, 2.24) is 5.32 Å². The van der Waals surface area contributed by atoms with Gasteiger partial charge in [0, 0.05) is 17.7 Å². The molecule has 0 aromatic heterocycles. The van der Waals surface area contributed by atoms with Gasteiger partial charge in [0.05, 0.1) is 11.1 Å². The van der Waals surface area contributed by atoms with Crippen LogP contribution < -0.4 is 5.32 Å². The summed E-state index contributed by atoms with van der Waals surface area (Å²) in [6, 6.07) is 6.93. The van der Waals surface area contributed by atoms with Crippen LogP contribution in [0.15, 0.2) is 42.5 Å². The van der Waals surface area contributed by atoms with Gasteiger partial charge >= 0.3 is 12.4 Å². The molecule has 0 radical (unpaired) electrons. The average molecular weight is 420 g/mol. The monoisotopic (exact) mass is 420 g/mol. The summed E-state index contributed by atoms with van der Waals surface area (Å²) in [5.74, 6) is -3.46. The average Bonchev–Trinajstić information content (AvgIpc) is 2.65. The highest BCUT2D eigenvalue weighted by molar-refractivity contribution is 5.87. The van der Waals surface area contributed by atoms with Crippen LogP contribution in [-0.4, -0.2) is 17.2 Å². The summed E-state index contributed by atoms with van der Waals surface area (Å²) in [5, 5.41) is 20.4. The van der Waals surface area contributed by atoms with Crippen LogP contribution in [0.3, 0.4) is 0 Å². The summed E-state index contributed by atoms with van der Waals surface area (Å²) >= 11 is 0. The highest BCUT2D eigenvalue weighted by atomic mass is 19.4. The zero-order chi connectivity index (χ0) is 22.0. The molecule has 11 heteroatoms. The van der Waals surface area contributed by atoms with Crippen molar-refractivity contribution in [1.29, 1.82) is 5.26 Å². The van der Waals surface area contributed by atoms with Crippen molar-refractivity contribution in [3.8, 4) is 6.07 Å². The van der Waals surface area contributed by atoms with E-state index in [2.05, 4.69) is 0 Å². The Labute approximate surface area is 159 Å². The van der Waals surface area contributed by atoms with Gasteiger partial charge in [0.2, 0.25) is 0 Å². The van der Waals surface area contributed by atoms with Gasteiger partial charge in [0.15, 0.2) is 0 Å². The summed E-state index contributed by atoms with van der Waals surface area (Å²) in [6.07, 6.45) is -10.4. The number of carbonyl (C=O) groups is 1. The summed E-state index contributed by atoms with van der Waals surface area (Å²) < 4.78 is 93.0. The molecule has 1 atom stereocenters. The number of benzene rings is 2. The van der Waals surface area contributed by atoms with Crippen LogP contribution in [0.5, 0.6) is 0 Å². The highest BCUT2D eigenvalue weighted by Crippen LogP contribution is 2.39. The molecule has 0 saturated heterocycles. The van der Waals surface area contributed by atoms with Crippen molar-refractivity contribution >= 4 is 5.91 Å². The van der Waals surface area contributed by atoms with Gasteiger partial charge in [-0.05, 0) is 12.1 Å². The molecule has 0 saturated carbocycles. The van der Waals surface area contributed by atoms with E-state index in [4.69, 9.17) is 5.26 Å². The number of rotatable bonds is 4. The van der Waals surface area contributed by atoms with Gasteiger partial charge in [0.1, 0.15) is 11.9 Å². The number of carbonyl (C=O) groups excluding carboxylic acids is 1. The molecule has 2 aromatic rings. The van der Waals surface area contributed by atoms with E-state index in [1.165, 1.54) is 12.1 Å². The van der Waals surface area contributed by atoms with Gasteiger partial charge in [-0.25, -0.2) is 4.39 Å². The molecule has 29 heavy (non-hydrogen) atoms. The van der Waals surface area contributed by atoms with Crippen LogP contribution in [-0.2, 0) is 23.1 Å². The number of alkyl halides is 6. The van der Waals surface area contributed by atoms with E-state index in [0.29, 0.717) is 0 Å². The summed E-state index contributed by atoms with van der Waals surface area (Å²) in [7, 11) is 0. The summed E-state index contributed by atoms with van der Waals surface area (Å²) in [6.45, 7) is -1.13. The lowest BCUT2D eigenvalue weighted by Crippen LogP contribution is -2.54. The van der Waals surface area contributed by atoms with Crippen molar-refractivity contribution < 1.29 is 40.6 Å². The molecular weight excluding hydrogens is 409 g/mol. The van der Waals surface area contributed by atoms with Crippen molar-refractivity contribution in [2.75, 3.05) is 0 Å². The predicted octanol–water partition coefficient (Wildman–Crippen LogP) is 3.78. The van der Waals surface area contributed by atoms with Crippen molar-refractivity contribution in [3.05, 3.63) is 70.5 Å². The molecule has 0 fully saturated rings. The van der Waals surface area contributed by atoms with Crippen LogP contribution in [0.1, 0.15) is 22.3 Å². The lowest BCUT2D eigenvalue weighted by molar-refractivity contribution is -0.257. The van der Waals surface area contributed by atoms with Gasteiger partial charge in [0.25, 0.3) is 11.5 Å². The molecule has 0 aliphatic rings. The fourth-order valence-electron chi connectivity index (χ4n) is 2.46. The minimum absolute atomic E-state index is 0.233. The molecule has 1 amide bonds. The Balaban J connectivity index is 2.40. The summed E-state index contributed by atoms with van der Waals surface area (Å²) in [5.41, 5.74) is -8.16. The van der Waals surface area contributed by atoms with Crippen molar-refractivity contribution in [3.63, 3.8) is 0 Å². The minimum Gasteiger partial charge on any atom is -0.369 e. The Bertz CT molecular complexity index is 950. The quantitative estimate of drug-likeness (QED) is 0.740. The predicted molar refractivity (Wildman–Crippen MR) is 84.4 cm³/mol. The number of nitriles is 1. The molecular formula is C18H11F7N2O2. The molecule has 2 rings (SSSR count). The van der Waals surface area contributed by atoms with Crippen molar-refractivity contribution in [2.24, 2.45) is 0 Å². The van der Waals surface area contributed by atoms with E-state index in [1.807, 2.05) is 0 Å². The fourth-order valence-corrected chi connectivity index (χ4v) is 2.46. The van der Waals surface area contributed by atoms with Crippen LogP contribution in [0.2, 0.25) is 0 Å². The minimum atomic E-state index is -5.48. The third-order valence-corrected chi connectivity index (χ3v) is 3.97. The Hall–Kier alpha value is -3.13. The first kappa shape index (κ1) is 22.2. The standard InChI is InChI=1S/C18H11F7N2O2/c19-14-10(8-26)6-13(17(20,21)22)7-11(14)9-27-15(28)16(29,18(23,24)25)12-4-2-1-3-5-12/h1-7,29H,9H2,(H,27,28). The van der Waals surface area contributed by atoms with Crippen LogP contribution in [0, 0.1) is 17.1 Å². The van der Waals surface area contributed by atoms with Gasteiger partial charge < -0.3 is 10.4 Å². The number of aliphatic hydroxyl groups is 1. The molecule has 2 aromatic carbocycles. The van der Waals surface area contributed by atoms with E-state index in [9.17, 15) is 40.6 Å². The summed E-state index contributed by atoms with van der Waals surface area (Å²) in [4.78, 5) is 12.1. The van der Waals surface area contributed by atoms with Gasteiger partial charge in [-0.3, -0.25) is 4.79 Å². The zero-order valence-electron chi connectivity index (χ0n) is 14.2. The van der Waals surface area contributed by atoms with Gasteiger partial charge in [-0.2, -0.15) is 31.6 Å². The second-order valence-electron chi connectivity index (χ2n) is 5.86. The molecule has 2 N–H and O–H groups in total. The van der Waals surface area contributed by atoms with Crippen LogP contribution in [0.25, 0.3) is 0 Å². The maximum atomic E-state index is 14.1. The maximum absolute atomic E-state index is 14.1. The second kappa shape index (κ2) is 7.71. The smallest absolute Gasteiger partial charge is 0.369 e. The Morgan fingerprint density at radius 1 is 1.03 bits per heavy atom. The molecule has 0 aliphatic carbocycles. The van der Waals surface area contributed by atoms with E-state index in [-0.39, 0.29) is 12.1 Å². The largest absolute Gasteiger partial charge is 0.430 e. The molecule has 0 bridgehead atoms. The lowest BCUT2D eigenvalue weighted by Gasteiger charge is -2.29. The third-order valence-electron chi connectivity index (χ3n) is 3.97. The number of amides is 1. The molecule has 0 aliphatic heterocycles. The fraction of sp³-hybridized carbons (Fsp3) is 0.222. The first-order chi connectivity index (χ1) is 13.3. The number of hydrogen-bond acceptors (Lipinski definition) is 3. The normalized spacial score (nSPS) is 14.0. The first-order valence-corrected chi connectivity index (χ1v) is 7.75. The molecule has 154 valence electrons. The first-order valence-electron chi connectivity index (χ1n) is 7.75.